The predicted octanol–water partition coefficient (Wildman–Crippen LogP) is 4.87. The van der Waals surface area contributed by atoms with Crippen molar-refractivity contribution in [2.24, 2.45) is 11.8 Å². The average molecular weight is 322 g/mol. The van der Waals surface area contributed by atoms with Gasteiger partial charge in [0.1, 0.15) is 0 Å². The van der Waals surface area contributed by atoms with Gasteiger partial charge in [-0.15, -0.1) is 0 Å². The van der Waals surface area contributed by atoms with E-state index in [-0.39, 0.29) is 0 Å². The van der Waals surface area contributed by atoms with Crippen LogP contribution in [0.1, 0.15) is 37.3 Å². The first-order chi connectivity index (χ1) is 10.2. The van der Waals surface area contributed by atoms with Crippen molar-refractivity contribution in [3.63, 3.8) is 0 Å². The number of nitrogens with two attached hydrogens (primary N) is 1. The van der Waals surface area contributed by atoms with Crippen LogP contribution in [0.25, 0.3) is 11.1 Å². The number of aromatic nitrogens is 2. The molecular weight excluding hydrogens is 305 g/mol. The van der Waals surface area contributed by atoms with Crippen molar-refractivity contribution in [2.45, 2.75) is 31.6 Å². The van der Waals surface area contributed by atoms with Crippen LogP contribution in [0.3, 0.4) is 0 Å². The van der Waals surface area contributed by atoms with Crippen LogP contribution in [0.2, 0.25) is 10.0 Å². The smallest absolute Gasteiger partial charge is 0.153 e. The fraction of sp³-hybridized carbons (Fsp3) is 0.438. The summed E-state index contributed by atoms with van der Waals surface area (Å²) in [4.78, 5) is 0. The highest BCUT2D eigenvalue weighted by Crippen LogP contribution is 2.62. The Morgan fingerprint density at radius 2 is 1.86 bits per heavy atom. The molecule has 5 heteroatoms. The summed E-state index contributed by atoms with van der Waals surface area (Å²) in [7, 11) is 0. The number of hydrogen-bond acceptors (Lipinski definition) is 2. The van der Waals surface area contributed by atoms with E-state index in [2.05, 4.69) is 10.2 Å². The summed E-state index contributed by atoms with van der Waals surface area (Å²) in [6, 6.07) is 5.54. The summed E-state index contributed by atoms with van der Waals surface area (Å²) >= 11 is 12.4. The number of fused-ring (bicyclic) bond motifs is 1. The Morgan fingerprint density at radius 3 is 2.52 bits per heavy atom. The van der Waals surface area contributed by atoms with Gasteiger partial charge >= 0.3 is 0 Å². The number of nitrogens with one attached hydrogen (secondary N) is 1. The molecule has 0 spiro atoms. The van der Waals surface area contributed by atoms with Crippen molar-refractivity contribution in [2.75, 3.05) is 5.73 Å². The summed E-state index contributed by atoms with van der Waals surface area (Å²) in [5.74, 6) is 2.68. The Balaban J connectivity index is 1.77. The number of benzene rings is 1. The van der Waals surface area contributed by atoms with Crippen LogP contribution in [-0.2, 0) is 0 Å². The third kappa shape index (κ3) is 2.14. The van der Waals surface area contributed by atoms with Gasteiger partial charge in [0.25, 0.3) is 0 Å². The monoisotopic (exact) mass is 321 g/mol. The Kier molecular flexibility index (Phi) is 3.16. The van der Waals surface area contributed by atoms with Gasteiger partial charge in [0, 0.05) is 27.8 Å². The minimum atomic E-state index is 0.526. The first kappa shape index (κ1) is 13.5. The van der Waals surface area contributed by atoms with Gasteiger partial charge in [0.15, 0.2) is 5.82 Å². The van der Waals surface area contributed by atoms with E-state index in [0.717, 1.165) is 28.7 Å². The topological polar surface area (TPSA) is 54.7 Å². The van der Waals surface area contributed by atoms with E-state index < -0.39 is 0 Å². The number of rotatable bonds is 2. The lowest BCUT2D eigenvalue weighted by Crippen LogP contribution is -1.92. The number of anilines is 1. The second-order valence-electron chi connectivity index (χ2n) is 6.16. The molecule has 2 unspecified atom stereocenters. The lowest BCUT2D eigenvalue weighted by Gasteiger charge is -2.07. The van der Waals surface area contributed by atoms with Gasteiger partial charge in [-0.05, 0) is 36.8 Å². The second kappa shape index (κ2) is 4.92. The van der Waals surface area contributed by atoms with Gasteiger partial charge < -0.3 is 5.73 Å². The standard InChI is InChI=1S/C16H17Cl2N3/c17-8-5-6-11(12(18)7-8)14-15(20-21-16(14)19)13-9-3-1-2-4-10(9)13/h5-7,9-10,13H,1-4H2,(H3,19,20,21). The highest BCUT2D eigenvalue weighted by atomic mass is 35.5. The number of nitrogens with zero attached hydrogens (tertiary/aromatic N) is 1. The Labute approximate surface area is 133 Å². The molecule has 2 aliphatic rings. The van der Waals surface area contributed by atoms with Crippen LogP contribution in [0.4, 0.5) is 5.82 Å². The molecule has 2 saturated carbocycles. The molecule has 2 atom stereocenters. The largest absolute Gasteiger partial charge is 0.382 e. The normalized spacial score (nSPS) is 27.4. The Hall–Kier alpha value is -1.19. The second-order valence-corrected chi connectivity index (χ2v) is 7.00. The molecule has 2 fully saturated rings. The van der Waals surface area contributed by atoms with Gasteiger partial charge in [0.2, 0.25) is 0 Å². The number of hydrogen-bond donors (Lipinski definition) is 2. The molecule has 21 heavy (non-hydrogen) atoms. The molecular formula is C16H17Cl2N3. The molecule has 0 amide bonds. The lowest BCUT2D eigenvalue weighted by atomic mass is 10.0. The first-order valence-electron chi connectivity index (χ1n) is 7.46. The van der Waals surface area contributed by atoms with E-state index in [1.807, 2.05) is 12.1 Å². The maximum absolute atomic E-state index is 6.36. The third-order valence-electron chi connectivity index (χ3n) is 5.01. The zero-order valence-electron chi connectivity index (χ0n) is 11.6. The molecule has 1 aromatic carbocycles. The number of H-pyrrole nitrogens is 1. The molecule has 1 aromatic heterocycles. The van der Waals surface area contributed by atoms with E-state index in [4.69, 9.17) is 28.9 Å². The van der Waals surface area contributed by atoms with Crippen LogP contribution in [0.5, 0.6) is 0 Å². The average Bonchev–Trinajstić information content (AvgIpc) is 3.08. The fourth-order valence-electron chi connectivity index (χ4n) is 4.01. The summed E-state index contributed by atoms with van der Waals surface area (Å²) in [5.41, 5.74) is 9.15. The SMILES string of the molecule is Nc1n[nH]c(C2C3CCCCC32)c1-c1ccc(Cl)cc1Cl. The number of nitrogen functional groups attached to an aromatic ring is 1. The zero-order chi connectivity index (χ0) is 14.6. The minimum Gasteiger partial charge on any atom is -0.382 e. The fourth-order valence-corrected chi connectivity index (χ4v) is 4.51. The van der Waals surface area contributed by atoms with Gasteiger partial charge in [-0.25, -0.2) is 0 Å². The van der Waals surface area contributed by atoms with Crippen molar-refractivity contribution in [3.05, 3.63) is 33.9 Å². The van der Waals surface area contributed by atoms with Gasteiger partial charge in [-0.1, -0.05) is 42.1 Å². The van der Waals surface area contributed by atoms with Gasteiger partial charge in [-0.3, -0.25) is 5.10 Å². The van der Waals surface area contributed by atoms with Crippen LogP contribution >= 0.6 is 23.2 Å². The van der Waals surface area contributed by atoms with Crippen molar-refractivity contribution < 1.29 is 0 Å². The molecule has 0 radical (unpaired) electrons. The van der Waals surface area contributed by atoms with E-state index >= 15 is 0 Å². The Bertz CT molecular complexity index is 683. The van der Waals surface area contributed by atoms with Crippen LogP contribution in [0, 0.1) is 11.8 Å². The van der Waals surface area contributed by atoms with E-state index in [0.29, 0.717) is 21.8 Å². The zero-order valence-corrected chi connectivity index (χ0v) is 13.1. The minimum absolute atomic E-state index is 0.526. The summed E-state index contributed by atoms with van der Waals surface area (Å²) in [6.07, 6.45) is 5.33. The first-order valence-corrected chi connectivity index (χ1v) is 8.21. The molecule has 0 bridgehead atoms. The van der Waals surface area contributed by atoms with Crippen molar-refractivity contribution >= 4 is 29.0 Å². The van der Waals surface area contributed by atoms with E-state index in [1.54, 1.807) is 6.07 Å². The van der Waals surface area contributed by atoms with Crippen molar-refractivity contribution in [1.29, 1.82) is 0 Å². The molecule has 2 aliphatic carbocycles. The number of halogens is 2. The molecule has 0 saturated heterocycles. The van der Waals surface area contributed by atoms with Gasteiger partial charge in [-0.2, -0.15) is 5.10 Å². The van der Waals surface area contributed by atoms with E-state index in [9.17, 15) is 0 Å². The van der Waals surface area contributed by atoms with Gasteiger partial charge in [0.05, 0.1) is 5.02 Å². The van der Waals surface area contributed by atoms with Crippen LogP contribution in [-0.4, -0.2) is 10.2 Å². The summed E-state index contributed by atoms with van der Waals surface area (Å²) < 4.78 is 0. The van der Waals surface area contributed by atoms with Crippen molar-refractivity contribution in [1.82, 2.24) is 10.2 Å². The highest BCUT2D eigenvalue weighted by Gasteiger charge is 2.53. The molecule has 110 valence electrons. The summed E-state index contributed by atoms with van der Waals surface area (Å²) in [5, 5.41) is 8.66. The summed E-state index contributed by atoms with van der Waals surface area (Å²) in [6.45, 7) is 0. The Morgan fingerprint density at radius 1 is 1.14 bits per heavy atom. The third-order valence-corrected chi connectivity index (χ3v) is 5.56. The predicted molar refractivity (Wildman–Crippen MR) is 86.6 cm³/mol. The quantitative estimate of drug-likeness (QED) is 0.829. The molecule has 1 heterocycles. The maximum atomic E-state index is 6.36. The van der Waals surface area contributed by atoms with Crippen LogP contribution < -0.4 is 5.73 Å². The maximum Gasteiger partial charge on any atom is 0.153 e. The highest BCUT2D eigenvalue weighted by molar-refractivity contribution is 6.36. The molecule has 3 N–H and O–H groups in total. The molecule has 3 nitrogen and oxygen atoms in total. The lowest BCUT2D eigenvalue weighted by molar-refractivity contribution is 0.480. The van der Waals surface area contributed by atoms with E-state index in [1.165, 1.54) is 25.7 Å². The molecule has 2 aromatic rings. The van der Waals surface area contributed by atoms with Crippen molar-refractivity contribution in [3.8, 4) is 11.1 Å². The van der Waals surface area contributed by atoms with Crippen LogP contribution in [0.15, 0.2) is 18.2 Å². The molecule has 0 aliphatic heterocycles. The molecule has 4 rings (SSSR count). The number of aromatic amines is 1.